The van der Waals surface area contributed by atoms with Gasteiger partial charge in [0.05, 0.1) is 11.4 Å². The Labute approximate surface area is 179 Å². The van der Waals surface area contributed by atoms with E-state index in [1.807, 2.05) is 12.1 Å². The lowest BCUT2D eigenvalue weighted by atomic mass is 10.1. The third kappa shape index (κ3) is 6.05. The monoisotopic (exact) mass is 427 g/mol. The maximum atomic E-state index is 12.3. The molecule has 1 aromatic heterocycles. The van der Waals surface area contributed by atoms with Crippen LogP contribution in [0, 0.1) is 0 Å². The second-order valence-corrected chi connectivity index (χ2v) is 7.94. The van der Waals surface area contributed by atoms with Crippen LogP contribution < -0.4 is 10.6 Å². The number of nitrogens with one attached hydrogen (secondary N) is 3. The molecule has 1 heterocycles. The summed E-state index contributed by atoms with van der Waals surface area (Å²) in [6, 6.07) is 14.1. The Hall–Kier alpha value is -3.39. The lowest BCUT2D eigenvalue weighted by Gasteiger charge is -2.19. The van der Waals surface area contributed by atoms with Gasteiger partial charge in [-0.25, -0.2) is 4.79 Å². The maximum absolute atomic E-state index is 12.3. The zero-order valence-electron chi connectivity index (χ0n) is 16.8. The Balaban J connectivity index is 1.55. The fourth-order valence-electron chi connectivity index (χ4n) is 2.57. The number of aromatic amines is 1. The summed E-state index contributed by atoms with van der Waals surface area (Å²) >= 11 is 6.15. The quantitative estimate of drug-likeness (QED) is 0.549. The lowest BCUT2D eigenvalue weighted by molar-refractivity contribution is -0.115. The predicted octanol–water partition coefficient (Wildman–Crippen LogP) is 4.65. The molecular formula is C21H22ClN5O3. The molecule has 3 aromatic rings. The van der Waals surface area contributed by atoms with E-state index in [-0.39, 0.29) is 18.3 Å². The number of hydrogen-bond acceptors (Lipinski definition) is 5. The highest BCUT2D eigenvalue weighted by atomic mass is 35.5. The Kier molecular flexibility index (Phi) is 6.37. The molecule has 30 heavy (non-hydrogen) atoms. The molecule has 3 rings (SSSR count). The summed E-state index contributed by atoms with van der Waals surface area (Å²) in [5.41, 5.74) is 1.46. The molecular weight excluding hydrogens is 406 g/mol. The maximum Gasteiger partial charge on any atom is 0.412 e. The predicted molar refractivity (Wildman–Crippen MR) is 115 cm³/mol. The number of amides is 2. The van der Waals surface area contributed by atoms with E-state index in [2.05, 4.69) is 25.8 Å². The first-order chi connectivity index (χ1) is 14.2. The molecule has 156 valence electrons. The van der Waals surface area contributed by atoms with E-state index in [0.717, 1.165) is 5.56 Å². The zero-order chi connectivity index (χ0) is 21.7. The van der Waals surface area contributed by atoms with Gasteiger partial charge in [0.15, 0.2) is 5.82 Å². The molecule has 0 atom stereocenters. The molecule has 9 heteroatoms. The first-order valence-electron chi connectivity index (χ1n) is 9.26. The minimum absolute atomic E-state index is 0.128. The van der Waals surface area contributed by atoms with Crippen molar-refractivity contribution in [3.05, 3.63) is 59.1 Å². The smallest absolute Gasteiger partial charge is 0.412 e. The van der Waals surface area contributed by atoms with Crippen molar-refractivity contribution >= 4 is 35.2 Å². The van der Waals surface area contributed by atoms with Crippen LogP contribution in [0.1, 0.15) is 26.3 Å². The van der Waals surface area contributed by atoms with Crippen LogP contribution in [0.4, 0.5) is 16.4 Å². The Bertz CT molecular complexity index is 1040. The molecule has 2 aromatic carbocycles. The third-order valence-corrected chi connectivity index (χ3v) is 4.16. The van der Waals surface area contributed by atoms with Crippen molar-refractivity contribution in [2.24, 2.45) is 0 Å². The van der Waals surface area contributed by atoms with Crippen molar-refractivity contribution in [1.82, 2.24) is 15.2 Å². The van der Waals surface area contributed by atoms with E-state index in [4.69, 9.17) is 16.3 Å². The van der Waals surface area contributed by atoms with Gasteiger partial charge in [-0.1, -0.05) is 35.9 Å². The Morgan fingerprint density at radius 1 is 1.07 bits per heavy atom. The van der Waals surface area contributed by atoms with Crippen molar-refractivity contribution in [2.45, 2.75) is 32.8 Å². The highest BCUT2D eigenvalue weighted by Gasteiger charge is 2.16. The SMILES string of the molecule is CC(C)(C)OC(=O)Nc1ccc(CC(=O)Nc2n[nH]c(-c3ccccc3Cl)n2)cc1. The number of nitrogens with zero attached hydrogens (tertiary/aromatic N) is 2. The van der Waals surface area contributed by atoms with Crippen LogP contribution >= 0.6 is 11.6 Å². The van der Waals surface area contributed by atoms with Crippen molar-refractivity contribution in [3.8, 4) is 11.4 Å². The standard InChI is InChI=1S/C21H22ClN5O3/c1-21(2,3)30-20(29)23-14-10-8-13(9-11-14)12-17(28)24-19-25-18(26-27-19)15-6-4-5-7-16(15)22/h4-11H,12H2,1-3H3,(H,23,29)(H2,24,25,26,27,28). The fraction of sp³-hybridized carbons (Fsp3) is 0.238. The minimum Gasteiger partial charge on any atom is -0.444 e. The highest BCUT2D eigenvalue weighted by molar-refractivity contribution is 6.33. The number of hydrogen-bond donors (Lipinski definition) is 3. The minimum atomic E-state index is -0.575. The summed E-state index contributed by atoms with van der Waals surface area (Å²) in [6.07, 6.45) is -0.408. The van der Waals surface area contributed by atoms with Crippen LogP contribution in [0.25, 0.3) is 11.4 Å². The Morgan fingerprint density at radius 2 is 1.77 bits per heavy atom. The molecule has 0 aliphatic rings. The van der Waals surface area contributed by atoms with Gasteiger partial charge in [-0.05, 0) is 50.6 Å². The van der Waals surface area contributed by atoms with E-state index in [0.29, 0.717) is 22.1 Å². The van der Waals surface area contributed by atoms with Crippen LogP contribution in [0.2, 0.25) is 5.02 Å². The fourth-order valence-corrected chi connectivity index (χ4v) is 2.80. The van der Waals surface area contributed by atoms with Crippen molar-refractivity contribution in [1.29, 1.82) is 0 Å². The topological polar surface area (TPSA) is 109 Å². The summed E-state index contributed by atoms with van der Waals surface area (Å²) < 4.78 is 5.20. The van der Waals surface area contributed by atoms with Gasteiger partial charge in [0.25, 0.3) is 0 Å². The van der Waals surface area contributed by atoms with E-state index < -0.39 is 11.7 Å². The number of carbonyl (C=O) groups excluding carboxylic acids is 2. The summed E-state index contributed by atoms with van der Waals surface area (Å²) in [5, 5.41) is 12.6. The third-order valence-electron chi connectivity index (χ3n) is 3.83. The number of benzene rings is 2. The van der Waals surface area contributed by atoms with Gasteiger partial charge in [-0.15, -0.1) is 5.10 Å². The molecule has 0 aliphatic heterocycles. The molecule has 0 spiro atoms. The molecule has 0 saturated heterocycles. The average Bonchev–Trinajstić information content (AvgIpc) is 3.10. The van der Waals surface area contributed by atoms with E-state index >= 15 is 0 Å². The van der Waals surface area contributed by atoms with E-state index in [1.54, 1.807) is 57.2 Å². The van der Waals surface area contributed by atoms with Crippen molar-refractivity contribution < 1.29 is 14.3 Å². The van der Waals surface area contributed by atoms with Gasteiger partial charge >= 0.3 is 6.09 Å². The van der Waals surface area contributed by atoms with Crippen LogP contribution in [-0.4, -0.2) is 32.8 Å². The number of H-pyrrole nitrogens is 1. The van der Waals surface area contributed by atoms with E-state index in [9.17, 15) is 9.59 Å². The van der Waals surface area contributed by atoms with Gasteiger partial charge in [0, 0.05) is 11.3 Å². The molecule has 0 radical (unpaired) electrons. The first kappa shape index (κ1) is 21.3. The van der Waals surface area contributed by atoms with Crippen molar-refractivity contribution in [2.75, 3.05) is 10.6 Å². The van der Waals surface area contributed by atoms with Gasteiger partial charge in [0.1, 0.15) is 5.60 Å². The molecule has 0 unspecified atom stereocenters. The first-order valence-corrected chi connectivity index (χ1v) is 9.63. The second kappa shape index (κ2) is 8.96. The summed E-state index contributed by atoms with van der Waals surface area (Å²) in [4.78, 5) is 28.3. The number of halogens is 1. The lowest BCUT2D eigenvalue weighted by Crippen LogP contribution is -2.27. The second-order valence-electron chi connectivity index (χ2n) is 7.54. The molecule has 0 saturated carbocycles. The number of carbonyl (C=O) groups is 2. The van der Waals surface area contributed by atoms with Gasteiger partial charge in [-0.3, -0.25) is 20.5 Å². The van der Waals surface area contributed by atoms with Crippen LogP contribution in [0.15, 0.2) is 48.5 Å². The number of aromatic nitrogens is 3. The van der Waals surface area contributed by atoms with Crippen LogP contribution in [-0.2, 0) is 16.0 Å². The van der Waals surface area contributed by atoms with E-state index in [1.165, 1.54) is 0 Å². The van der Waals surface area contributed by atoms with Gasteiger partial charge < -0.3 is 4.74 Å². The summed E-state index contributed by atoms with van der Waals surface area (Å²) in [6.45, 7) is 5.37. The van der Waals surface area contributed by atoms with Crippen molar-refractivity contribution in [3.63, 3.8) is 0 Å². The number of rotatable bonds is 5. The summed E-state index contributed by atoms with van der Waals surface area (Å²) in [5.74, 6) is 0.360. The summed E-state index contributed by atoms with van der Waals surface area (Å²) in [7, 11) is 0. The highest BCUT2D eigenvalue weighted by Crippen LogP contribution is 2.24. The largest absolute Gasteiger partial charge is 0.444 e. The van der Waals surface area contributed by atoms with Crippen LogP contribution in [0.5, 0.6) is 0 Å². The molecule has 3 N–H and O–H groups in total. The molecule has 0 aliphatic carbocycles. The average molecular weight is 428 g/mol. The molecule has 0 bridgehead atoms. The molecule has 0 fully saturated rings. The number of anilines is 2. The Morgan fingerprint density at radius 3 is 2.43 bits per heavy atom. The van der Waals surface area contributed by atoms with Crippen LogP contribution in [0.3, 0.4) is 0 Å². The number of ether oxygens (including phenoxy) is 1. The molecule has 8 nitrogen and oxygen atoms in total. The van der Waals surface area contributed by atoms with Gasteiger partial charge in [-0.2, -0.15) is 4.98 Å². The normalized spacial score (nSPS) is 11.1. The zero-order valence-corrected chi connectivity index (χ0v) is 17.6. The molecule has 2 amide bonds. The van der Waals surface area contributed by atoms with Gasteiger partial charge in [0.2, 0.25) is 11.9 Å².